The summed E-state index contributed by atoms with van der Waals surface area (Å²) >= 11 is 0. The maximum absolute atomic E-state index is 14.2. The fourth-order valence-corrected chi connectivity index (χ4v) is 14.1. The van der Waals surface area contributed by atoms with Crippen LogP contribution < -0.4 is 5.32 Å². The number of amides is 3. The predicted octanol–water partition coefficient (Wildman–Crippen LogP) is 5.86. The molecule has 3 aromatic carbocycles. The Morgan fingerprint density at radius 1 is 0.985 bits per heavy atom. The number of piperidine rings is 2. The van der Waals surface area contributed by atoms with Crippen molar-refractivity contribution < 1.29 is 29.0 Å². The molecule has 5 aromatic rings. The Morgan fingerprint density at radius 3 is 2.63 bits per heavy atom. The molecule has 8 aliphatic rings. The molecule has 9 heterocycles. The molecule has 5 saturated heterocycles. The first-order chi connectivity index (χ1) is 31.4. The van der Waals surface area contributed by atoms with Gasteiger partial charge in [-0.1, -0.05) is 67.6 Å². The van der Waals surface area contributed by atoms with Gasteiger partial charge in [0.15, 0.2) is 0 Å². The summed E-state index contributed by atoms with van der Waals surface area (Å²) in [6.07, 6.45) is 10.5. The number of piperazine rings is 1. The molecule has 0 bridgehead atoms. The highest BCUT2D eigenvalue weighted by Gasteiger charge is 2.70. The van der Waals surface area contributed by atoms with Gasteiger partial charge >= 0.3 is 0 Å². The van der Waals surface area contributed by atoms with Crippen molar-refractivity contribution in [1.29, 1.82) is 0 Å². The minimum absolute atomic E-state index is 0.171. The minimum atomic E-state index is -2.03. The summed E-state index contributed by atoms with van der Waals surface area (Å²) < 4.78 is 8.32. The monoisotopic (exact) mass is 877 g/mol. The molecule has 13 heteroatoms. The van der Waals surface area contributed by atoms with Gasteiger partial charge in [-0.15, -0.1) is 0 Å². The maximum Gasteiger partial charge on any atom is 0.280 e. The SMILES string of the molecule is CC[C@]12CCCN3CCc4c(n(c5ccccc45)C(=O)C1)[C@@H]32.CN1C[C@H](C(=O)N[C@]2(C)O[C@@]3(O)[C@@H]4CCCN4C(=O)[C@H](Cc4ccccc4)N3C2=O)C[C@@H]2c3cccc4[nH]cc(c34)C[C@H]21. The highest BCUT2D eigenvalue weighted by Crippen LogP contribution is 2.57. The molecule has 0 saturated carbocycles. The molecular weight excluding hydrogens is 819 g/mol. The molecule has 5 fully saturated rings. The van der Waals surface area contributed by atoms with Gasteiger partial charge in [-0.05, 0) is 106 Å². The second kappa shape index (κ2) is 14.8. The van der Waals surface area contributed by atoms with E-state index in [0.717, 1.165) is 48.8 Å². The summed E-state index contributed by atoms with van der Waals surface area (Å²) in [5, 5.41) is 17.5. The number of nitrogens with zero attached hydrogens (tertiary/aromatic N) is 5. The van der Waals surface area contributed by atoms with E-state index in [0.29, 0.717) is 44.3 Å². The molecule has 1 aliphatic carbocycles. The van der Waals surface area contributed by atoms with Gasteiger partial charge in [0, 0.05) is 78.0 Å². The molecule has 13 rings (SSSR count). The number of hydrogen-bond acceptors (Lipinski definition) is 8. The van der Waals surface area contributed by atoms with E-state index in [1.54, 1.807) is 4.90 Å². The summed E-state index contributed by atoms with van der Waals surface area (Å²) in [7, 11) is 2.06. The lowest BCUT2D eigenvalue weighted by Gasteiger charge is -2.54. The van der Waals surface area contributed by atoms with Gasteiger partial charge in [0.25, 0.3) is 11.8 Å². The topological polar surface area (TPSA) is 143 Å². The quantitative estimate of drug-likeness (QED) is 0.200. The second-order valence-electron chi connectivity index (χ2n) is 20.5. The number of aromatic amines is 1. The van der Waals surface area contributed by atoms with Crippen molar-refractivity contribution in [2.24, 2.45) is 11.3 Å². The van der Waals surface area contributed by atoms with E-state index in [1.165, 1.54) is 64.4 Å². The van der Waals surface area contributed by atoms with E-state index in [4.69, 9.17) is 4.74 Å². The van der Waals surface area contributed by atoms with Crippen LogP contribution in [0.4, 0.5) is 0 Å². The molecule has 0 radical (unpaired) electrons. The lowest BCUT2D eigenvalue weighted by Crippen LogP contribution is -2.71. The van der Waals surface area contributed by atoms with Crippen LogP contribution in [0.2, 0.25) is 0 Å². The van der Waals surface area contributed by atoms with Crippen LogP contribution in [-0.2, 0) is 38.4 Å². The molecule has 13 nitrogen and oxygen atoms in total. The van der Waals surface area contributed by atoms with Crippen molar-refractivity contribution in [3.05, 3.63) is 107 Å². The largest absolute Gasteiger partial charge is 0.361 e. The number of aromatic nitrogens is 2. The van der Waals surface area contributed by atoms with E-state index in [-0.39, 0.29) is 41.5 Å². The summed E-state index contributed by atoms with van der Waals surface area (Å²) in [4.78, 5) is 66.1. The Kier molecular flexibility index (Phi) is 9.38. The van der Waals surface area contributed by atoms with Crippen LogP contribution in [-0.4, -0.2) is 121 Å². The third kappa shape index (κ3) is 5.97. The number of H-pyrrole nitrogens is 1. The van der Waals surface area contributed by atoms with Gasteiger partial charge in [-0.3, -0.25) is 38.3 Å². The molecule has 9 atom stereocenters. The highest BCUT2D eigenvalue weighted by molar-refractivity contribution is 5.99. The predicted molar refractivity (Wildman–Crippen MR) is 245 cm³/mol. The number of para-hydroxylation sites is 1. The number of fused-ring (bicyclic) bond motifs is 8. The smallest absolute Gasteiger partial charge is 0.280 e. The number of likely N-dealkylation sites (tertiary alicyclic amines) is 1. The maximum atomic E-state index is 14.2. The van der Waals surface area contributed by atoms with Gasteiger partial charge in [-0.25, -0.2) is 0 Å². The van der Waals surface area contributed by atoms with E-state index >= 15 is 0 Å². The lowest BCUT2D eigenvalue weighted by molar-refractivity contribution is -0.315. The molecular formula is C52H59N7O6. The van der Waals surface area contributed by atoms with Crippen LogP contribution in [0.15, 0.2) is 79.0 Å². The summed E-state index contributed by atoms with van der Waals surface area (Å²) in [5.74, 6) is -2.99. The van der Waals surface area contributed by atoms with Crippen molar-refractivity contribution in [3.63, 3.8) is 0 Å². The minimum Gasteiger partial charge on any atom is -0.361 e. The summed E-state index contributed by atoms with van der Waals surface area (Å²) in [6, 6.07) is 23.4. The van der Waals surface area contributed by atoms with Crippen LogP contribution in [0, 0.1) is 11.3 Å². The van der Waals surface area contributed by atoms with E-state index in [1.807, 2.05) is 30.3 Å². The molecule has 338 valence electrons. The zero-order chi connectivity index (χ0) is 44.6. The van der Waals surface area contributed by atoms with Gasteiger partial charge in [0.05, 0.1) is 17.5 Å². The van der Waals surface area contributed by atoms with Crippen molar-refractivity contribution in [1.82, 2.24) is 34.5 Å². The third-order valence-electron chi connectivity index (χ3n) is 17.1. The molecule has 3 amide bonds. The Labute approximate surface area is 379 Å². The molecule has 7 aliphatic heterocycles. The first-order valence-corrected chi connectivity index (χ1v) is 24.0. The Balaban J connectivity index is 0.000000168. The number of carbonyl (C=O) groups excluding carboxylic acids is 4. The van der Waals surface area contributed by atoms with Crippen LogP contribution in [0.3, 0.4) is 0 Å². The van der Waals surface area contributed by atoms with Crippen molar-refractivity contribution in [2.75, 3.05) is 33.2 Å². The second-order valence-corrected chi connectivity index (χ2v) is 20.5. The molecule has 3 N–H and O–H groups in total. The Hall–Kier alpha value is -5.34. The Morgan fingerprint density at radius 2 is 1.80 bits per heavy atom. The lowest BCUT2D eigenvalue weighted by atomic mass is 9.64. The van der Waals surface area contributed by atoms with Gasteiger partial charge in [0.2, 0.25) is 23.4 Å². The van der Waals surface area contributed by atoms with Crippen molar-refractivity contribution in [3.8, 4) is 0 Å². The van der Waals surface area contributed by atoms with E-state index < -0.39 is 29.6 Å². The molecule has 0 spiro atoms. The zero-order valence-corrected chi connectivity index (χ0v) is 37.6. The van der Waals surface area contributed by atoms with Gasteiger partial charge in [0.1, 0.15) is 12.1 Å². The van der Waals surface area contributed by atoms with Crippen LogP contribution in [0.25, 0.3) is 21.8 Å². The van der Waals surface area contributed by atoms with Crippen LogP contribution in [0.1, 0.15) is 103 Å². The summed E-state index contributed by atoms with van der Waals surface area (Å²) in [6.45, 7) is 7.19. The number of aliphatic hydroxyl groups is 1. The fourth-order valence-electron chi connectivity index (χ4n) is 14.1. The molecule has 2 aromatic heterocycles. The Bertz CT molecular complexity index is 2780. The van der Waals surface area contributed by atoms with Gasteiger partial charge in [-0.2, -0.15) is 0 Å². The average molecular weight is 878 g/mol. The molecule has 0 unspecified atom stereocenters. The first kappa shape index (κ1) is 41.1. The molecule has 65 heavy (non-hydrogen) atoms. The first-order valence-electron chi connectivity index (χ1n) is 24.0. The van der Waals surface area contributed by atoms with E-state index in [9.17, 15) is 24.3 Å². The number of hydrogen-bond donors (Lipinski definition) is 3. The number of ether oxygens (including phenoxy) is 1. The standard InChI is InChI=1S/C33H37N5O5.C19H22N2O/c1-32(35-29(39)21-15-23-22-10-6-11-24-28(22)20(17-34-24)16-25(23)36(2)18-21)31(41)38-26(14-19-8-4-3-5-9-19)30(40)37-13-7-12-27(37)33(38,42)43-32;1-2-19-9-5-10-20-11-8-14-13-6-3-4-7-15(13)21(16(22)12-19)17(14)18(19)20/h3-6,8-11,17,21,23,25-27,34,42H,7,12-16,18H2,1-2H3,(H,35,39);3-4,6-7,18H,2,5,8-12H2,1H3/t21-,23-,25-,26+,27+,32-,33+;18-,19+/m11/s1. The normalized spacial score (nSPS) is 33.6. The van der Waals surface area contributed by atoms with Crippen LogP contribution >= 0.6 is 0 Å². The summed E-state index contributed by atoms with van der Waals surface area (Å²) in [5.41, 5.74) is 6.84. The average Bonchev–Trinajstić information content (AvgIpc) is 4.10. The van der Waals surface area contributed by atoms with Crippen molar-refractivity contribution in [2.45, 2.75) is 120 Å². The number of nitrogens with one attached hydrogen (secondary N) is 2. The van der Waals surface area contributed by atoms with Crippen molar-refractivity contribution >= 4 is 45.4 Å². The number of carbonyl (C=O) groups is 4. The van der Waals surface area contributed by atoms with Crippen LogP contribution in [0.5, 0.6) is 0 Å². The zero-order valence-electron chi connectivity index (χ0n) is 37.6. The van der Waals surface area contributed by atoms with E-state index in [2.05, 4.69) is 87.3 Å². The number of rotatable bonds is 5. The fraction of sp³-hybridized carbons (Fsp3) is 0.500. The number of benzene rings is 3. The third-order valence-corrected chi connectivity index (χ3v) is 17.1. The van der Waals surface area contributed by atoms with Gasteiger partial charge < -0.3 is 25.2 Å². The highest BCUT2D eigenvalue weighted by atomic mass is 16.7. The number of likely N-dealkylation sites (N-methyl/N-ethyl adjacent to an activating group) is 1.